The zero-order chi connectivity index (χ0) is 17.1. The van der Waals surface area contributed by atoms with Crippen molar-refractivity contribution < 1.29 is 4.79 Å². The molecule has 7 nitrogen and oxygen atoms in total. The zero-order valence-electron chi connectivity index (χ0n) is 13.7. The SMILES string of the molecule is O=C(c1ccc2nccnc2c1)N1CCC(Nc2ccncn2)CC1. The van der Waals surface area contributed by atoms with E-state index in [1.807, 2.05) is 29.2 Å². The van der Waals surface area contributed by atoms with Gasteiger partial charge in [0, 0.05) is 43.3 Å². The number of benzene rings is 1. The minimum atomic E-state index is 0.0491. The molecule has 1 aliphatic rings. The summed E-state index contributed by atoms with van der Waals surface area (Å²) in [6, 6.07) is 7.66. The van der Waals surface area contributed by atoms with Gasteiger partial charge < -0.3 is 10.2 Å². The van der Waals surface area contributed by atoms with Crippen LogP contribution in [0.5, 0.6) is 0 Å². The van der Waals surface area contributed by atoms with Gasteiger partial charge in [-0.05, 0) is 37.1 Å². The molecule has 25 heavy (non-hydrogen) atoms. The Balaban J connectivity index is 1.40. The molecule has 7 heteroatoms. The highest BCUT2D eigenvalue weighted by molar-refractivity contribution is 5.97. The molecule has 0 saturated carbocycles. The number of hydrogen-bond acceptors (Lipinski definition) is 6. The average Bonchev–Trinajstić information content (AvgIpc) is 2.68. The van der Waals surface area contributed by atoms with Gasteiger partial charge in [0.1, 0.15) is 12.1 Å². The fourth-order valence-electron chi connectivity index (χ4n) is 3.09. The van der Waals surface area contributed by atoms with Crippen LogP contribution in [0.4, 0.5) is 5.82 Å². The molecular weight excluding hydrogens is 316 g/mol. The number of nitrogens with zero attached hydrogens (tertiary/aromatic N) is 5. The quantitative estimate of drug-likeness (QED) is 0.790. The smallest absolute Gasteiger partial charge is 0.253 e. The van der Waals surface area contributed by atoms with E-state index in [0.29, 0.717) is 11.6 Å². The molecule has 1 aliphatic heterocycles. The summed E-state index contributed by atoms with van der Waals surface area (Å²) in [4.78, 5) is 31.3. The molecule has 4 rings (SSSR count). The number of anilines is 1. The Morgan fingerprint density at radius 3 is 2.56 bits per heavy atom. The second kappa shape index (κ2) is 6.80. The standard InChI is InChI=1S/C18H18N6O/c25-18(13-1-2-15-16(11-13)21-8-7-20-15)24-9-4-14(5-10-24)23-17-3-6-19-12-22-17/h1-3,6-8,11-12,14H,4-5,9-10H2,(H,19,22,23). The maximum Gasteiger partial charge on any atom is 0.253 e. The third-order valence-corrected chi connectivity index (χ3v) is 4.43. The van der Waals surface area contributed by atoms with Crippen LogP contribution >= 0.6 is 0 Å². The molecule has 0 radical (unpaired) electrons. The number of aromatic nitrogens is 4. The summed E-state index contributed by atoms with van der Waals surface area (Å²) < 4.78 is 0. The summed E-state index contributed by atoms with van der Waals surface area (Å²) in [5.74, 6) is 0.876. The molecule has 1 saturated heterocycles. The van der Waals surface area contributed by atoms with E-state index in [2.05, 4.69) is 25.3 Å². The van der Waals surface area contributed by atoms with Crippen LogP contribution in [0.25, 0.3) is 11.0 Å². The van der Waals surface area contributed by atoms with Crippen molar-refractivity contribution in [2.24, 2.45) is 0 Å². The van der Waals surface area contributed by atoms with Crippen molar-refractivity contribution in [1.29, 1.82) is 0 Å². The lowest BCUT2D eigenvalue weighted by Gasteiger charge is -2.32. The number of amides is 1. The Kier molecular flexibility index (Phi) is 4.20. The van der Waals surface area contributed by atoms with Crippen molar-refractivity contribution in [3.63, 3.8) is 0 Å². The van der Waals surface area contributed by atoms with Crippen molar-refractivity contribution >= 4 is 22.8 Å². The Morgan fingerprint density at radius 1 is 1.00 bits per heavy atom. The average molecular weight is 334 g/mol. The van der Waals surface area contributed by atoms with Crippen LogP contribution in [0.1, 0.15) is 23.2 Å². The normalized spacial score (nSPS) is 15.3. The molecule has 1 amide bonds. The number of fused-ring (bicyclic) bond motifs is 1. The van der Waals surface area contributed by atoms with Crippen molar-refractivity contribution in [1.82, 2.24) is 24.8 Å². The first-order chi connectivity index (χ1) is 12.3. The Labute approximate surface area is 145 Å². The van der Waals surface area contributed by atoms with Crippen molar-refractivity contribution in [3.05, 3.63) is 54.7 Å². The monoisotopic (exact) mass is 334 g/mol. The van der Waals surface area contributed by atoms with Gasteiger partial charge in [-0.2, -0.15) is 0 Å². The van der Waals surface area contributed by atoms with Crippen LogP contribution in [-0.2, 0) is 0 Å². The highest BCUT2D eigenvalue weighted by Gasteiger charge is 2.24. The third-order valence-electron chi connectivity index (χ3n) is 4.43. The van der Waals surface area contributed by atoms with E-state index in [4.69, 9.17) is 0 Å². The molecular formula is C18H18N6O. The predicted molar refractivity (Wildman–Crippen MR) is 94.1 cm³/mol. The number of likely N-dealkylation sites (tertiary alicyclic amines) is 1. The fraction of sp³-hybridized carbons (Fsp3) is 0.278. The Morgan fingerprint density at radius 2 is 1.80 bits per heavy atom. The Hall–Kier alpha value is -3.09. The first-order valence-electron chi connectivity index (χ1n) is 8.32. The molecule has 1 fully saturated rings. The van der Waals surface area contributed by atoms with Gasteiger partial charge in [0.15, 0.2) is 0 Å². The summed E-state index contributed by atoms with van der Waals surface area (Å²) >= 11 is 0. The number of piperidine rings is 1. The number of carbonyl (C=O) groups is 1. The number of carbonyl (C=O) groups excluding carboxylic acids is 1. The minimum Gasteiger partial charge on any atom is -0.367 e. The topological polar surface area (TPSA) is 83.9 Å². The molecule has 0 aliphatic carbocycles. The van der Waals surface area contributed by atoms with E-state index in [9.17, 15) is 4.79 Å². The van der Waals surface area contributed by atoms with Gasteiger partial charge in [-0.25, -0.2) is 9.97 Å². The van der Waals surface area contributed by atoms with Gasteiger partial charge in [-0.3, -0.25) is 14.8 Å². The predicted octanol–water partition coefficient (Wildman–Crippen LogP) is 2.14. The largest absolute Gasteiger partial charge is 0.367 e. The van der Waals surface area contributed by atoms with E-state index in [0.717, 1.165) is 42.8 Å². The van der Waals surface area contributed by atoms with Crippen LogP contribution in [0, 0.1) is 0 Å². The number of rotatable bonds is 3. The molecule has 0 spiro atoms. The van der Waals surface area contributed by atoms with Crippen molar-refractivity contribution in [3.8, 4) is 0 Å². The van der Waals surface area contributed by atoms with Crippen molar-refractivity contribution in [2.45, 2.75) is 18.9 Å². The molecule has 0 bridgehead atoms. The van der Waals surface area contributed by atoms with Gasteiger partial charge in [0.2, 0.25) is 0 Å². The van der Waals surface area contributed by atoms with Crippen LogP contribution in [-0.4, -0.2) is 49.9 Å². The van der Waals surface area contributed by atoms with Crippen LogP contribution in [0.15, 0.2) is 49.2 Å². The van der Waals surface area contributed by atoms with E-state index >= 15 is 0 Å². The molecule has 126 valence electrons. The highest BCUT2D eigenvalue weighted by Crippen LogP contribution is 2.18. The molecule has 2 aromatic heterocycles. The van der Waals surface area contributed by atoms with Gasteiger partial charge in [-0.15, -0.1) is 0 Å². The molecule has 3 heterocycles. The number of nitrogens with one attached hydrogen (secondary N) is 1. The van der Waals surface area contributed by atoms with Crippen LogP contribution in [0.3, 0.4) is 0 Å². The van der Waals surface area contributed by atoms with Gasteiger partial charge >= 0.3 is 0 Å². The lowest BCUT2D eigenvalue weighted by molar-refractivity contribution is 0.0718. The van der Waals surface area contributed by atoms with E-state index < -0.39 is 0 Å². The van der Waals surface area contributed by atoms with E-state index in [1.54, 1.807) is 18.6 Å². The van der Waals surface area contributed by atoms with Gasteiger partial charge in [-0.1, -0.05) is 0 Å². The maximum absolute atomic E-state index is 12.7. The highest BCUT2D eigenvalue weighted by atomic mass is 16.2. The first kappa shape index (κ1) is 15.4. The minimum absolute atomic E-state index is 0.0491. The summed E-state index contributed by atoms with van der Waals surface area (Å²) in [6.45, 7) is 1.44. The summed E-state index contributed by atoms with van der Waals surface area (Å²) in [5, 5.41) is 3.40. The second-order valence-corrected chi connectivity index (χ2v) is 6.07. The summed E-state index contributed by atoms with van der Waals surface area (Å²) in [7, 11) is 0. The fourth-order valence-corrected chi connectivity index (χ4v) is 3.09. The molecule has 1 aromatic carbocycles. The third kappa shape index (κ3) is 3.40. The molecule has 3 aromatic rings. The van der Waals surface area contributed by atoms with Crippen LogP contribution in [0.2, 0.25) is 0 Å². The summed E-state index contributed by atoms with van der Waals surface area (Å²) in [5.41, 5.74) is 2.20. The molecule has 0 unspecified atom stereocenters. The maximum atomic E-state index is 12.7. The lowest BCUT2D eigenvalue weighted by Crippen LogP contribution is -2.42. The van der Waals surface area contributed by atoms with Gasteiger partial charge in [0.25, 0.3) is 5.91 Å². The summed E-state index contributed by atoms with van der Waals surface area (Å²) in [6.07, 6.45) is 8.33. The molecule has 1 N–H and O–H groups in total. The lowest BCUT2D eigenvalue weighted by atomic mass is 10.0. The number of hydrogen-bond donors (Lipinski definition) is 1. The van der Waals surface area contributed by atoms with Crippen molar-refractivity contribution in [2.75, 3.05) is 18.4 Å². The van der Waals surface area contributed by atoms with E-state index in [1.165, 1.54) is 6.33 Å². The van der Waals surface area contributed by atoms with E-state index in [-0.39, 0.29) is 5.91 Å². The second-order valence-electron chi connectivity index (χ2n) is 6.07. The Bertz CT molecular complexity index is 877. The van der Waals surface area contributed by atoms with Crippen LogP contribution < -0.4 is 5.32 Å². The first-order valence-corrected chi connectivity index (χ1v) is 8.32. The zero-order valence-corrected chi connectivity index (χ0v) is 13.7. The molecule has 0 atom stereocenters. The van der Waals surface area contributed by atoms with Gasteiger partial charge in [0.05, 0.1) is 11.0 Å².